The van der Waals surface area contributed by atoms with Gasteiger partial charge in [-0.15, -0.1) is 0 Å². The van der Waals surface area contributed by atoms with E-state index in [1.54, 1.807) is 24.3 Å². The lowest BCUT2D eigenvalue weighted by Crippen LogP contribution is -2.50. The molecule has 3 atom stereocenters. The van der Waals surface area contributed by atoms with Crippen molar-refractivity contribution in [1.82, 2.24) is 16.0 Å². The van der Waals surface area contributed by atoms with E-state index < -0.39 is 98.5 Å². The van der Waals surface area contributed by atoms with Gasteiger partial charge in [-0.2, -0.15) is 16.8 Å². The Morgan fingerprint density at radius 1 is 0.822 bits per heavy atom. The van der Waals surface area contributed by atoms with Gasteiger partial charge in [-0.3, -0.25) is 37.9 Å². The largest absolute Gasteiger partial charge is 0.481 e. The highest BCUT2D eigenvalue weighted by molar-refractivity contribution is 7.86. The summed E-state index contributed by atoms with van der Waals surface area (Å²) in [6.45, 7) is 2.08. The van der Waals surface area contributed by atoms with E-state index in [2.05, 4.69) is 10.6 Å². The number of carboxylic acids is 1. The molecule has 0 fully saturated rings. The van der Waals surface area contributed by atoms with Crippen LogP contribution in [0, 0.1) is 12.8 Å². The number of hydrogen-bond acceptors (Lipinski definition) is 10. The second-order valence-corrected chi connectivity index (χ2v) is 13.3. The first-order chi connectivity index (χ1) is 20.8. The predicted octanol–water partition coefficient (Wildman–Crippen LogP) is -1.04. The van der Waals surface area contributed by atoms with Crippen molar-refractivity contribution in [2.45, 2.75) is 64.0 Å². The molecule has 0 aliphatic rings. The minimum Gasteiger partial charge on any atom is -0.481 e. The third kappa shape index (κ3) is 17.2. The van der Waals surface area contributed by atoms with Crippen LogP contribution in [0.25, 0.3) is 0 Å². The van der Waals surface area contributed by atoms with Gasteiger partial charge in [0.15, 0.2) is 5.78 Å². The van der Waals surface area contributed by atoms with Crippen LogP contribution < -0.4 is 21.7 Å². The van der Waals surface area contributed by atoms with E-state index >= 15 is 0 Å². The molecule has 1 aromatic carbocycles. The molecule has 0 saturated heterocycles. The molecule has 1 aromatic rings. The topological polar surface area (TPSA) is 293 Å². The molecule has 252 valence electrons. The summed E-state index contributed by atoms with van der Waals surface area (Å²) in [4.78, 5) is 72.8. The average Bonchev–Trinajstić information content (AvgIpc) is 2.89. The number of benzene rings is 1. The zero-order valence-corrected chi connectivity index (χ0v) is 26.1. The Bertz CT molecular complexity index is 1450. The number of Topliss-reactive ketones (excluding diaryl/α,β-unsaturated/α-hetero) is 1. The number of hydrogen-bond donors (Lipinski definition) is 7. The van der Waals surface area contributed by atoms with Gasteiger partial charge in [-0.1, -0.05) is 17.7 Å². The van der Waals surface area contributed by atoms with Crippen LogP contribution in [0.2, 0.25) is 0 Å². The maximum atomic E-state index is 13.0. The normalized spacial score (nSPS) is 13.6. The molecule has 0 aromatic heterocycles. The molecule has 0 saturated carbocycles. The molecule has 0 bridgehead atoms. The van der Waals surface area contributed by atoms with Gasteiger partial charge < -0.3 is 26.8 Å². The summed E-state index contributed by atoms with van der Waals surface area (Å²) in [6, 6.07) is 3.53. The smallest absolute Gasteiger partial charge is 0.303 e. The van der Waals surface area contributed by atoms with Gasteiger partial charge in [0.05, 0.1) is 11.7 Å². The summed E-state index contributed by atoms with van der Waals surface area (Å²) >= 11 is 0. The van der Waals surface area contributed by atoms with E-state index in [1.165, 1.54) is 0 Å². The van der Waals surface area contributed by atoms with Crippen LogP contribution in [0.1, 0.15) is 60.9 Å². The summed E-state index contributed by atoms with van der Waals surface area (Å²) in [5.41, 5.74) is 6.78. The van der Waals surface area contributed by atoms with Crippen molar-refractivity contribution in [3.63, 3.8) is 0 Å². The lowest BCUT2D eigenvalue weighted by Gasteiger charge is -2.22. The van der Waals surface area contributed by atoms with Crippen molar-refractivity contribution in [3.05, 3.63) is 35.4 Å². The summed E-state index contributed by atoms with van der Waals surface area (Å²) in [6.07, 6.45) is -1.52. The summed E-state index contributed by atoms with van der Waals surface area (Å²) in [5, 5.41) is 15.6. The standard InChI is InChI=1S/C26H38N4O13S2/c1-16-8-10-17(11-9-16)25(36)28-12-3-2-5-19(24(27)35)30-26(37)18(14-44(38,39)40)13-21(31)20(15-45(41,42)43)29-22(32)6-4-7-23(33)34/h8-11,18-20H,2-7,12-15H2,1H3,(H2,27,35)(H,28,36)(H,29,32)(H,30,37)(H,33,34)(H,38,39,40)(H,41,42,43)/t18-,19-,20-/m0/s1. The monoisotopic (exact) mass is 678 g/mol. The highest BCUT2D eigenvalue weighted by Crippen LogP contribution is 2.13. The molecular weight excluding hydrogens is 640 g/mol. The van der Waals surface area contributed by atoms with Gasteiger partial charge in [0.1, 0.15) is 17.8 Å². The number of primary amides is 1. The number of aliphatic carboxylic acids is 1. The third-order valence-corrected chi connectivity index (χ3v) is 7.88. The first-order valence-corrected chi connectivity index (χ1v) is 16.9. The van der Waals surface area contributed by atoms with Gasteiger partial charge >= 0.3 is 5.97 Å². The van der Waals surface area contributed by atoms with Gasteiger partial charge in [-0.05, 0) is 44.7 Å². The van der Waals surface area contributed by atoms with Crippen LogP contribution in [-0.4, -0.2) is 96.6 Å². The van der Waals surface area contributed by atoms with Crippen LogP contribution in [-0.2, 0) is 44.2 Å². The molecule has 0 unspecified atom stereocenters. The van der Waals surface area contributed by atoms with Crippen molar-refractivity contribution < 1.29 is 59.8 Å². The fourth-order valence-corrected chi connectivity index (χ4v) is 5.48. The number of nitrogens with two attached hydrogens (primary N) is 1. The number of carboxylic acid groups (broad SMARTS) is 1. The third-order valence-electron chi connectivity index (χ3n) is 6.30. The Labute approximate surface area is 260 Å². The van der Waals surface area contributed by atoms with Crippen molar-refractivity contribution in [2.75, 3.05) is 18.1 Å². The average molecular weight is 679 g/mol. The quantitative estimate of drug-likeness (QED) is 0.0604. The number of carbonyl (C=O) groups excluding carboxylic acids is 5. The number of carbonyl (C=O) groups is 6. The number of nitrogens with one attached hydrogen (secondary N) is 3. The van der Waals surface area contributed by atoms with Crippen LogP contribution in [0.15, 0.2) is 24.3 Å². The van der Waals surface area contributed by atoms with Crippen LogP contribution in [0.4, 0.5) is 0 Å². The Morgan fingerprint density at radius 3 is 1.96 bits per heavy atom. The van der Waals surface area contributed by atoms with Crippen molar-refractivity contribution in [1.29, 1.82) is 0 Å². The summed E-state index contributed by atoms with van der Waals surface area (Å²) in [5.74, 6) is -10.5. The van der Waals surface area contributed by atoms with Gasteiger partial charge in [0, 0.05) is 31.4 Å². The van der Waals surface area contributed by atoms with E-state index in [4.69, 9.17) is 10.8 Å². The lowest BCUT2D eigenvalue weighted by atomic mass is 9.98. The number of rotatable bonds is 21. The molecule has 19 heteroatoms. The molecule has 0 heterocycles. The number of unbranched alkanes of at least 4 members (excludes halogenated alkanes) is 1. The van der Waals surface area contributed by atoms with E-state index in [-0.39, 0.29) is 31.7 Å². The van der Waals surface area contributed by atoms with Gasteiger partial charge in [-0.25, -0.2) is 0 Å². The Kier molecular flexibility index (Phi) is 15.7. The molecule has 17 nitrogen and oxygen atoms in total. The highest BCUT2D eigenvalue weighted by Gasteiger charge is 2.34. The fraction of sp³-hybridized carbons (Fsp3) is 0.538. The van der Waals surface area contributed by atoms with Crippen LogP contribution in [0.5, 0.6) is 0 Å². The van der Waals surface area contributed by atoms with Crippen molar-refractivity contribution >= 4 is 55.6 Å². The SMILES string of the molecule is Cc1ccc(C(=O)NCCCC[C@H](NC(=O)[C@@H](CC(=O)[C@H](CS(=O)(=O)O)NC(=O)CCCC(=O)O)CS(=O)(=O)O)C(N)=O)cc1. The summed E-state index contributed by atoms with van der Waals surface area (Å²) < 4.78 is 64.7. The molecule has 0 spiro atoms. The number of aryl methyl sites for hydroxylation is 1. The van der Waals surface area contributed by atoms with Gasteiger partial charge in [0.25, 0.3) is 26.1 Å². The van der Waals surface area contributed by atoms with E-state index in [0.29, 0.717) is 12.0 Å². The fourth-order valence-electron chi connectivity index (χ4n) is 4.02. The molecule has 0 aliphatic heterocycles. The summed E-state index contributed by atoms with van der Waals surface area (Å²) in [7, 11) is -9.80. The molecule has 8 N–H and O–H groups in total. The number of ketones is 1. The van der Waals surface area contributed by atoms with E-state index in [0.717, 1.165) is 5.56 Å². The van der Waals surface area contributed by atoms with Crippen LogP contribution >= 0.6 is 0 Å². The van der Waals surface area contributed by atoms with E-state index in [9.17, 15) is 54.7 Å². The van der Waals surface area contributed by atoms with Crippen LogP contribution in [0.3, 0.4) is 0 Å². The van der Waals surface area contributed by atoms with E-state index in [1.807, 2.05) is 12.2 Å². The molecule has 0 aliphatic carbocycles. The lowest BCUT2D eigenvalue weighted by molar-refractivity contribution is -0.137. The molecule has 1 rings (SSSR count). The Balaban J connectivity index is 2.89. The Hall–Kier alpha value is -3.94. The number of amides is 4. The second-order valence-electron chi connectivity index (χ2n) is 10.3. The van der Waals surface area contributed by atoms with Crippen molar-refractivity contribution in [3.8, 4) is 0 Å². The van der Waals surface area contributed by atoms with Gasteiger partial charge in [0.2, 0.25) is 17.7 Å². The minimum atomic E-state index is -4.91. The predicted molar refractivity (Wildman–Crippen MR) is 158 cm³/mol. The highest BCUT2D eigenvalue weighted by atomic mass is 32.2. The zero-order chi connectivity index (χ0) is 34.4. The molecule has 4 amide bonds. The minimum absolute atomic E-state index is 0.0498. The first kappa shape index (κ1) is 39.1. The Morgan fingerprint density at radius 2 is 1.42 bits per heavy atom. The molecule has 45 heavy (non-hydrogen) atoms. The second kappa shape index (κ2) is 18.1. The molecule has 0 radical (unpaired) electrons. The maximum Gasteiger partial charge on any atom is 0.303 e. The van der Waals surface area contributed by atoms with Crippen molar-refractivity contribution in [2.24, 2.45) is 11.7 Å². The molecular formula is C26H38N4O13S2. The zero-order valence-electron chi connectivity index (χ0n) is 24.4. The maximum absolute atomic E-state index is 13.0. The first-order valence-electron chi connectivity index (χ1n) is 13.7.